The van der Waals surface area contributed by atoms with Crippen molar-refractivity contribution in [3.05, 3.63) is 0 Å². The molecule has 1 amide bonds. The Bertz CT molecular complexity index is 298. The zero-order valence-corrected chi connectivity index (χ0v) is 11.0. The Hall–Kier alpha value is -0.770. The highest BCUT2D eigenvalue weighted by Gasteiger charge is 2.46. The highest BCUT2D eigenvalue weighted by molar-refractivity contribution is 5.69. The molecule has 0 atom stereocenters. The van der Waals surface area contributed by atoms with Crippen LogP contribution >= 0.6 is 0 Å². The Labute approximate surface area is 103 Å². The number of amides is 1. The number of hydrogen-bond donors (Lipinski definition) is 1. The largest absolute Gasteiger partial charge is 0.444 e. The molecule has 2 aliphatic rings. The fourth-order valence-electron chi connectivity index (χ4n) is 2.39. The molecule has 1 N–H and O–H groups in total. The predicted molar refractivity (Wildman–Crippen MR) is 64.7 cm³/mol. The molecule has 1 heterocycles. The molecule has 1 aliphatic carbocycles. The van der Waals surface area contributed by atoms with Crippen molar-refractivity contribution in [2.24, 2.45) is 11.3 Å². The van der Waals surface area contributed by atoms with E-state index in [1.54, 1.807) is 4.90 Å². The summed E-state index contributed by atoms with van der Waals surface area (Å²) in [5.41, 5.74) is -0.213. The van der Waals surface area contributed by atoms with Gasteiger partial charge in [-0.1, -0.05) is 0 Å². The van der Waals surface area contributed by atoms with Crippen molar-refractivity contribution in [3.8, 4) is 0 Å². The molecule has 17 heavy (non-hydrogen) atoms. The quantitative estimate of drug-likeness (QED) is 0.822. The van der Waals surface area contributed by atoms with E-state index in [-0.39, 0.29) is 11.5 Å². The van der Waals surface area contributed by atoms with E-state index >= 15 is 0 Å². The van der Waals surface area contributed by atoms with Crippen molar-refractivity contribution in [2.75, 3.05) is 19.7 Å². The molecule has 0 aromatic heterocycles. The monoisotopic (exact) mass is 241 g/mol. The second kappa shape index (κ2) is 4.16. The van der Waals surface area contributed by atoms with Crippen LogP contribution in [0.3, 0.4) is 0 Å². The number of nitrogens with zero attached hydrogens (tertiary/aromatic N) is 1. The van der Waals surface area contributed by atoms with E-state index in [9.17, 15) is 9.90 Å². The van der Waals surface area contributed by atoms with Crippen molar-refractivity contribution in [1.82, 2.24) is 4.90 Å². The molecule has 0 radical (unpaired) electrons. The highest BCUT2D eigenvalue weighted by atomic mass is 16.6. The molecule has 0 spiro atoms. The van der Waals surface area contributed by atoms with Crippen LogP contribution in [0.4, 0.5) is 4.79 Å². The summed E-state index contributed by atoms with van der Waals surface area (Å²) >= 11 is 0. The van der Waals surface area contributed by atoms with Gasteiger partial charge in [-0.2, -0.15) is 0 Å². The normalized spacial score (nSPS) is 23.2. The lowest BCUT2D eigenvalue weighted by atomic mass is 9.87. The first-order valence-electron chi connectivity index (χ1n) is 6.42. The van der Waals surface area contributed by atoms with Crippen molar-refractivity contribution >= 4 is 6.09 Å². The Balaban J connectivity index is 1.70. The summed E-state index contributed by atoms with van der Waals surface area (Å²) in [5, 5.41) is 9.25. The van der Waals surface area contributed by atoms with Crippen LogP contribution in [-0.2, 0) is 4.74 Å². The van der Waals surface area contributed by atoms with Gasteiger partial charge in [-0.15, -0.1) is 0 Å². The molecule has 0 aromatic carbocycles. The van der Waals surface area contributed by atoms with Crippen LogP contribution in [0.5, 0.6) is 0 Å². The number of hydrogen-bond acceptors (Lipinski definition) is 3. The third kappa shape index (κ3) is 3.12. The molecular formula is C13H23NO3. The minimum absolute atomic E-state index is 0.199. The van der Waals surface area contributed by atoms with Crippen LogP contribution in [0.1, 0.15) is 40.0 Å². The Morgan fingerprint density at radius 1 is 1.41 bits per heavy atom. The van der Waals surface area contributed by atoms with E-state index < -0.39 is 5.60 Å². The summed E-state index contributed by atoms with van der Waals surface area (Å²) in [5.74, 6) is 0.553. The summed E-state index contributed by atoms with van der Waals surface area (Å²) in [6.07, 6.45) is 3.14. The lowest BCUT2D eigenvalue weighted by Gasteiger charge is -2.41. The first-order valence-corrected chi connectivity index (χ1v) is 6.42. The maximum Gasteiger partial charge on any atom is 0.410 e. The molecule has 0 unspecified atom stereocenters. The topological polar surface area (TPSA) is 49.8 Å². The lowest BCUT2D eigenvalue weighted by molar-refractivity contribution is -0.00696. The van der Waals surface area contributed by atoms with E-state index in [1.807, 2.05) is 20.8 Å². The first-order chi connectivity index (χ1) is 7.84. The Morgan fingerprint density at radius 2 is 2.00 bits per heavy atom. The van der Waals surface area contributed by atoms with Crippen molar-refractivity contribution in [3.63, 3.8) is 0 Å². The zero-order valence-electron chi connectivity index (χ0n) is 11.0. The molecule has 4 heteroatoms. The molecule has 0 bridgehead atoms. The van der Waals surface area contributed by atoms with E-state index in [1.165, 1.54) is 0 Å². The van der Waals surface area contributed by atoms with Crippen LogP contribution in [0.15, 0.2) is 0 Å². The molecule has 1 aliphatic heterocycles. The van der Waals surface area contributed by atoms with Gasteiger partial charge in [0.2, 0.25) is 0 Å². The molecule has 98 valence electrons. The number of carbonyl (C=O) groups excluding carboxylic acids is 1. The molecule has 0 aromatic rings. The second-order valence-electron chi connectivity index (χ2n) is 6.61. The summed E-state index contributed by atoms with van der Waals surface area (Å²) in [6.45, 7) is 7.52. The molecule has 1 saturated carbocycles. The van der Waals surface area contributed by atoms with Gasteiger partial charge in [-0.25, -0.2) is 4.79 Å². The van der Waals surface area contributed by atoms with Crippen molar-refractivity contribution in [2.45, 2.75) is 45.6 Å². The number of aliphatic hydroxyl groups excluding tert-OH is 1. The van der Waals surface area contributed by atoms with Crippen molar-refractivity contribution in [1.29, 1.82) is 0 Å². The van der Waals surface area contributed by atoms with E-state index in [2.05, 4.69) is 0 Å². The number of ether oxygens (including phenoxy) is 1. The minimum atomic E-state index is -0.412. The standard InChI is InChI=1S/C13H23NO3/c1-12(2,3)17-11(16)14-7-10(8-14)6-13(9-15)4-5-13/h10,15H,4-9H2,1-3H3. The summed E-state index contributed by atoms with van der Waals surface area (Å²) in [6, 6.07) is 0. The Kier molecular flexibility index (Phi) is 3.10. The molecule has 2 rings (SSSR count). The van der Waals surface area contributed by atoms with Gasteiger partial charge in [0, 0.05) is 19.7 Å². The summed E-state index contributed by atoms with van der Waals surface area (Å²) in [7, 11) is 0. The summed E-state index contributed by atoms with van der Waals surface area (Å²) in [4.78, 5) is 13.4. The van der Waals surface area contributed by atoms with Gasteiger partial charge in [-0.3, -0.25) is 0 Å². The van der Waals surface area contributed by atoms with Crippen LogP contribution in [0, 0.1) is 11.3 Å². The average Bonchev–Trinajstić information content (AvgIpc) is 2.88. The van der Waals surface area contributed by atoms with Gasteiger partial charge in [0.05, 0.1) is 0 Å². The maximum absolute atomic E-state index is 11.7. The van der Waals surface area contributed by atoms with Gasteiger partial charge >= 0.3 is 6.09 Å². The fourth-order valence-corrected chi connectivity index (χ4v) is 2.39. The molecule has 1 saturated heterocycles. The number of carbonyl (C=O) groups is 1. The predicted octanol–water partition coefficient (Wildman–Crippen LogP) is 2.02. The minimum Gasteiger partial charge on any atom is -0.444 e. The third-order valence-corrected chi connectivity index (χ3v) is 3.62. The van der Waals surface area contributed by atoms with Gasteiger partial charge in [0.1, 0.15) is 5.60 Å². The second-order valence-corrected chi connectivity index (χ2v) is 6.61. The van der Waals surface area contributed by atoms with E-state index in [0.29, 0.717) is 12.5 Å². The molecular weight excluding hydrogens is 218 g/mol. The van der Waals surface area contributed by atoms with Crippen LogP contribution in [0.2, 0.25) is 0 Å². The summed E-state index contributed by atoms with van der Waals surface area (Å²) < 4.78 is 5.30. The number of likely N-dealkylation sites (tertiary alicyclic amines) is 1. The van der Waals surface area contributed by atoms with E-state index in [4.69, 9.17) is 4.74 Å². The maximum atomic E-state index is 11.7. The van der Waals surface area contributed by atoms with Crippen LogP contribution in [0.25, 0.3) is 0 Å². The van der Waals surface area contributed by atoms with Gasteiger partial charge in [0.25, 0.3) is 0 Å². The van der Waals surface area contributed by atoms with Gasteiger partial charge in [0.15, 0.2) is 0 Å². The SMILES string of the molecule is CC(C)(C)OC(=O)N1CC(CC2(CO)CC2)C1. The molecule has 2 fully saturated rings. The molecule has 4 nitrogen and oxygen atoms in total. The lowest BCUT2D eigenvalue weighted by Crippen LogP contribution is -2.52. The smallest absolute Gasteiger partial charge is 0.410 e. The fraction of sp³-hybridized carbons (Fsp3) is 0.923. The van der Waals surface area contributed by atoms with Gasteiger partial charge < -0.3 is 14.7 Å². The number of rotatable bonds is 3. The third-order valence-electron chi connectivity index (χ3n) is 3.62. The zero-order chi connectivity index (χ0) is 12.7. The number of aliphatic hydroxyl groups is 1. The Morgan fingerprint density at radius 3 is 2.41 bits per heavy atom. The van der Waals surface area contributed by atoms with E-state index in [0.717, 1.165) is 32.4 Å². The van der Waals surface area contributed by atoms with Crippen molar-refractivity contribution < 1.29 is 14.6 Å². The highest BCUT2D eigenvalue weighted by Crippen LogP contribution is 2.51. The average molecular weight is 241 g/mol. The first kappa shape index (κ1) is 12.7. The van der Waals surface area contributed by atoms with Crippen LogP contribution in [-0.4, -0.2) is 41.4 Å². The van der Waals surface area contributed by atoms with Gasteiger partial charge in [-0.05, 0) is 51.4 Å². The van der Waals surface area contributed by atoms with Crippen LogP contribution < -0.4 is 0 Å².